The fraction of sp³-hybridized carbons (Fsp3) is 0.250. The number of benzene rings is 2. The van der Waals surface area contributed by atoms with Gasteiger partial charge in [-0.25, -0.2) is 0 Å². The molecule has 0 aromatic heterocycles. The van der Waals surface area contributed by atoms with Gasteiger partial charge < -0.3 is 15.2 Å². The van der Waals surface area contributed by atoms with E-state index in [-0.39, 0.29) is 0 Å². The van der Waals surface area contributed by atoms with Crippen LogP contribution in [0.25, 0.3) is 0 Å². The molecule has 2 rings (SSSR count). The van der Waals surface area contributed by atoms with E-state index in [0.29, 0.717) is 13.2 Å². The van der Waals surface area contributed by atoms with Crippen molar-refractivity contribution in [3.8, 4) is 11.5 Å². The molecule has 0 radical (unpaired) electrons. The van der Waals surface area contributed by atoms with Crippen molar-refractivity contribution in [3.63, 3.8) is 0 Å². The number of rotatable bonds is 6. The molecule has 0 spiro atoms. The molecule has 0 saturated heterocycles. The van der Waals surface area contributed by atoms with Gasteiger partial charge in [0, 0.05) is 18.2 Å². The summed E-state index contributed by atoms with van der Waals surface area (Å²) >= 11 is 0. The number of aryl methyl sites for hydroxylation is 1. The molecule has 3 heteroatoms. The Bertz CT molecular complexity index is 511. The minimum absolute atomic E-state index is 0.622. The van der Waals surface area contributed by atoms with Crippen LogP contribution in [-0.2, 0) is 0 Å². The van der Waals surface area contributed by atoms with Crippen molar-refractivity contribution < 1.29 is 9.47 Å². The molecular weight excluding hydrogens is 238 g/mol. The van der Waals surface area contributed by atoms with Crippen LogP contribution in [0.15, 0.2) is 48.5 Å². The second kappa shape index (κ2) is 6.69. The highest BCUT2D eigenvalue weighted by Gasteiger charge is 2.00. The summed E-state index contributed by atoms with van der Waals surface area (Å²) in [6.07, 6.45) is 0.836. The SMILES string of the molecule is Cc1ccc(N)cc1OCCCOc1ccccc1. The van der Waals surface area contributed by atoms with E-state index in [1.165, 1.54) is 0 Å². The highest BCUT2D eigenvalue weighted by atomic mass is 16.5. The lowest BCUT2D eigenvalue weighted by Gasteiger charge is -2.10. The minimum atomic E-state index is 0.622. The maximum atomic E-state index is 5.73. The van der Waals surface area contributed by atoms with Gasteiger partial charge in [0.05, 0.1) is 13.2 Å². The second-order valence-electron chi connectivity index (χ2n) is 4.39. The molecule has 2 N–H and O–H groups in total. The monoisotopic (exact) mass is 257 g/mol. The van der Waals surface area contributed by atoms with Crippen LogP contribution in [-0.4, -0.2) is 13.2 Å². The Kier molecular flexibility index (Phi) is 4.67. The zero-order valence-electron chi connectivity index (χ0n) is 11.1. The van der Waals surface area contributed by atoms with Gasteiger partial charge in [0.1, 0.15) is 11.5 Å². The zero-order valence-corrected chi connectivity index (χ0v) is 11.1. The van der Waals surface area contributed by atoms with Gasteiger partial charge in [-0.05, 0) is 30.7 Å². The summed E-state index contributed by atoms with van der Waals surface area (Å²) in [5, 5.41) is 0. The summed E-state index contributed by atoms with van der Waals surface area (Å²) in [4.78, 5) is 0. The van der Waals surface area contributed by atoms with Crippen LogP contribution < -0.4 is 15.2 Å². The largest absolute Gasteiger partial charge is 0.493 e. The first-order valence-electron chi connectivity index (χ1n) is 6.42. The Hall–Kier alpha value is -2.16. The summed E-state index contributed by atoms with van der Waals surface area (Å²) in [7, 11) is 0. The van der Waals surface area contributed by atoms with Crippen molar-refractivity contribution in [3.05, 3.63) is 54.1 Å². The van der Waals surface area contributed by atoms with E-state index in [2.05, 4.69) is 0 Å². The van der Waals surface area contributed by atoms with Gasteiger partial charge in [0.25, 0.3) is 0 Å². The van der Waals surface area contributed by atoms with Crippen LogP contribution in [0.3, 0.4) is 0 Å². The molecule has 3 nitrogen and oxygen atoms in total. The first-order valence-corrected chi connectivity index (χ1v) is 6.42. The van der Waals surface area contributed by atoms with Gasteiger partial charge in [-0.15, -0.1) is 0 Å². The Morgan fingerprint density at radius 3 is 2.47 bits per heavy atom. The van der Waals surface area contributed by atoms with Crippen LogP contribution in [0.4, 0.5) is 5.69 Å². The van der Waals surface area contributed by atoms with Gasteiger partial charge >= 0.3 is 0 Å². The molecule has 0 aliphatic heterocycles. The smallest absolute Gasteiger partial charge is 0.124 e. The average Bonchev–Trinajstić information content (AvgIpc) is 2.43. The maximum Gasteiger partial charge on any atom is 0.124 e. The Labute approximate surface area is 114 Å². The summed E-state index contributed by atoms with van der Waals surface area (Å²) in [5.41, 5.74) is 7.55. The quantitative estimate of drug-likeness (QED) is 0.637. The summed E-state index contributed by atoms with van der Waals surface area (Å²) < 4.78 is 11.3. The molecule has 0 heterocycles. The van der Waals surface area contributed by atoms with Gasteiger partial charge in [-0.1, -0.05) is 24.3 Å². The summed E-state index contributed by atoms with van der Waals surface area (Å²) in [6.45, 7) is 3.28. The molecule has 0 aliphatic carbocycles. The Balaban J connectivity index is 1.71. The predicted octanol–water partition coefficient (Wildman–Crippen LogP) is 3.43. The molecule has 0 aliphatic rings. The fourth-order valence-electron chi connectivity index (χ4n) is 1.72. The molecule has 0 bridgehead atoms. The van der Waals surface area contributed by atoms with Crippen molar-refractivity contribution in [1.82, 2.24) is 0 Å². The van der Waals surface area contributed by atoms with Crippen LogP contribution >= 0.6 is 0 Å². The number of nitrogens with two attached hydrogens (primary N) is 1. The molecule has 2 aromatic rings. The van der Waals surface area contributed by atoms with E-state index in [0.717, 1.165) is 29.2 Å². The van der Waals surface area contributed by atoms with E-state index in [9.17, 15) is 0 Å². The first kappa shape index (κ1) is 13.3. The summed E-state index contributed by atoms with van der Waals surface area (Å²) in [6, 6.07) is 15.5. The molecule has 0 fully saturated rings. The van der Waals surface area contributed by atoms with Gasteiger partial charge in [0.2, 0.25) is 0 Å². The number of hydrogen-bond acceptors (Lipinski definition) is 3. The highest BCUT2D eigenvalue weighted by molar-refractivity contribution is 5.47. The molecule has 0 amide bonds. The topological polar surface area (TPSA) is 44.5 Å². The molecule has 0 unspecified atom stereocenters. The molecular formula is C16H19NO2. The predicted molar refractivity (Wildman–Crippen MR) is 77.6 cm³/mol. The van der Waals surface area contributed by atoms with E-state index in [4.69, 9.17) is 15.2 Å². The second-order valence-corrected chi connectivity index (χ2v) is 4.39. The van der Waals surface area contributed by atoms with Crippen molar-refractivity contribution in [2.75, 3.05) is 18.9 Å². The van der Waals surface area contributed by atoms with Gasteiger partial charge in [-0.3, -0.25) is 0 Å². The molecule has 0 saturated carbocycles. The standard InChI is InChI=1S/C16H19NO2/c1-13-8-9-14(17)12-16(13)19-11-5-10-18-15-6-3-2-4-7-15/h2-4,6-9,12H,5,10-11,17H2,1H3. The molecule has 2 aromatic carbocycles. The van der Waals surface area contributed by atoms with Crippen LogP contribution in [0.2, 0.25) is 0 Å². The normalized spacial score (nSPS) is 10.2. The average molecular weight is 257 g/mol. The van der Waals surface area contributed by atoms with Crippen molar-refractivity contribution in [1.29, 1.82) is 0 Å². The Morgan fingerprint density at radius 1 is 0.947 bits per heavy atom. The lowest BCUT2D eigenvalue weighted by Crippen LogP contribution is -2.05. The third-order valence-electron chi connectivity index (χ3n) is 2.77. The number of hydrogen-bond donors (Lipinski definition) is 1. The highest BCUT2D eigenvalue weighted by Crippen LogP contribution is 2.20. The maximum absolute atomic E-state index is 5.73. The van der Waals surface area contributed by atoms with Gasteiger partial charge in [0.15, 0.2) is 0 Å². The first-order chi connectivity index (χ1) is 9.25. The lowest BCUT2D eigenvalue weighted by molar-refractivity contribution is 0.246. The molecule has 100 valence electrons. The van der Waals surface area contributed by atoms with E-state index < -0.39 is 0 Å². The van der Waals surface area contributed by atoms with Crippen molar-refractivity contribution in [2.45, 2.75) is 13.3 Å². The van der Waals surface area contributed by atoms with Crippen LogP contribution in [0.1, 0.15) is 12.0 Å². The minimum Gasteiger partial charge on any atom is -0.493 e. The number of anilines is 1. The Morgan fingerprint density at radius 2 is 1.68 bits per heavy atom. The molecule has 0 atom stereocenters. The number of ether oxygens (including phenoxy) is 2. The van der Waals surface area contributed by atoms with Crippen LogP contribution in [0.5, 0.6) is 11.5 Å². The number of nitrogen functional groups attached to an aromatic ring is 1. The van der Waals surface area contributed by atoms with Crippen molar-refractivity contribution >= 4 is 5.69 Å². The number of para-hydroxylation sites is 1. The fourth-order valence-corrected chi connectivity index (χ4v) is 1.72. The summed E-state index contributed by atoms with van der Waals surface area (Å²) in [5.74, 6) is 1.74. The van der Waals surface area contributed by atoms with E-state index in [1.54, 1.807) is 0 Å². The third kappa shape index (κ3) is 4.21. The molecule has 19 heavy (non-hydrogen) atoms. The van der Waals surface area contributed by atoms with E-state index >= 15 is 0 Å². The lowest BCUT2D eigenvalue weighted by atomic mass is 10.2. The zero-order chi connectivity index (χ0) is 13.5. The van der Waals surface area contributed by atoms with Gasteiger partial charge in [-0.2, -0.15) is 0 Å². The van der Waals surface area contributed by atoms with Crippen molar-refractivity contribution in [2.24, 2.45) is 0 Å². The third-order valence-corrected chi connectivity index (χ3v) is 2.77. The van der Waals surface area contributed by atoms with Crippen LogP contribution in [0, 0.1) is 6.92 Å². The van der Waals surface area contributed by atoms with E-state index in [1.807, 2.05) is 55.5 Å².